The summed E-state index contributed by atoms with van der Waals surface area (Å²) in [6.07, 6.45) is 1.90. The van der Waals surface area contributed by atoms with Crippen molar-refractivity contribution in [2.75, 3.05) is 0 Å². The number of esters is 1. The molecule has 1 aliphatic rings. The Morgan fingerprint density at radius 2 is 1.78 bits per heavy atom. The molecule has 5 rings (SSSR count). The smallest absolute Gasteiger partial charge is 0.308 e. The Kier molecular flexibility index (Phi) is 6.59. The second-order valence-electron chi connectivity index (χ2n) is 10.1. The number of aliphatic imine (C=N–C) groups is 1. The minimum Gasteiger partial charge on any atom is -0.460 e. The van der Waals surface area contributed by atoms with E-state index in [0.717, 1.165) is 48.7 Å². The lowest BCUT2D eigenvalue weighted by molar-refractivity contribution is -0.155. The molecular weight excluding hydrogens is 504 g/mol. The van der Waals surface area contributed by atoms with E-state index < -0.39 is 11.6 Å². The van der Waals surface area contributed by atoms with Gasteiger partial charge < -0.3 is 10.5 Å². The van der Waals surface area contributed by atoms with Crippen LogP contribution < -0.4 is 5.73 Å². The molecule has 192 valence electrons. The Balaban J connectivity index is 1.62. The van der Waals surface area contributed by atoms with E-state index in [1.807, 2.05) is 38.5 Å². The van der Waals surface area contributed by atoms with Gasteiger partial charge in [0.05, 0.1) is 12.1 Å². The molecule has 0 aliphatic carbocycles. The van der Waals surface area contributed by atoms with Gasteiger partial charge >= 0.3 is 5.97 Å². The Morgan fingerprint density at radius 1 is 1.08 bits per heavy atom. The molecule has 0 unspecified atom stereocenters. The van der Waals surface area contributed by atoms with E-state index in [4.69, 9.17) is 15.5 Å². The third kappa shape index (κ3) is 4.88. The van der Waals surface area contributed by atoms with Crippen molar-refractivity contribution in [3.63, 3.8) is 0 Å². The summed E-state index contributed by atoms with van der Waals surface area (Å²) >= 11 is 3.29. The average molecular weight is 535 g/mol. The average Bonchev–Trinajstić information content (AvgIpc) is 3.52. The van der Waals surface area contributed by atoms with Crippen LogP contribution in [0.15, 0.2) is 35.5 Å². The Hall–Kier alpha value is -3.21. The molecule has 1 aromatic carbocycles. The zero-order valence-electron chi connectivity index (χ0n) is 21.8. The lowest BCUT2D eigenvalue weighted by Gasteiger charge is -2.21. The summed E-state index contributed by atoms with van der Waals surface area (Å²) in [6.45, 7) is 12.2. The van der Waals surface area contributed by atoms with Crippen LogP contribution in [-0.4, -0.2) is 37.0 Å². The third-order valence-corrected chi connectivity index (χ3v) is 8.44. The Morgan fingerprint density at radius 3 is 2.43 bits per heavy atom. The maximum atomic E-state index is 12.9. The van der Waals surface area contributed by atoms with E-state index in [1.165, 1.54) is 4.88 Å². The fourth-order valence-corrected chi connectivity index (χ4v) is 6.38. The maximum Gasteiger partial charge on any atom is 0.308 e. The number of nitrogens with two attached hydrogens (primary N) is 1. The molecule has 0 saturated carbocycles. The first kappa shape index (κ1) is 25.4. The lowest BCUT2D eigenvalue weighted by atomic mass is 9.98. The van der Waals surface area contributed by atoms with Crippen LogP contribution in [0, 0.1) is 20.8 Å². The molecule has 1 aliphatic heterocycles. The Bertz CT molecular complexity index is 1500. The van der Waals surface area contributed by atoms with E-state index >= 15 is 0 Å². The summed E-state index contributed by atoms with van der Waals surface area (Å²) in [4.78, 5) is 24.8. The van der Waals surface area contributed by atoms with Crippen LogP contribution in [0.25, 0.3) is 15.6 Å². The minimum absolute atomic E-state index is 0.0743. The molecule has 0 saturated heterocycles. The zero-order chi connectivity index (χ0) is 26.5. The fraction of sp³-hybridized carbons (Fsp3) is 0.370. The number of thiazole rings is 1. The maximum absolute atomic E-state index is 12.9. The summed E-state index contributed by atoms with van der Waals surface area (Å²) < 4.78 is 7.69. The molecule has 10 heteroatoms. The van der Waals surface area contributed by atoms with Crippen molar-refractivity contribution < 1.29 is 9.53 Å². The van der Waals surface area contributed by atoms with Crippen LogP contribution >= 0.6 is 22.7 Å². The highest BCUT2D eigenvalue weighted by atomic mass is 32.1. The van der Waals surface area contributed by atoms with Gasteiger partial charge in [-0.05, 0) is 47.1 Å². The summed E-state index contributed by atoms with van der Waals surface area (Å²) in [5.41, 5.74) is 10.2. The topological polar surface area (TPSA) is 108 Å². The molecule has 2 N–H and O–H groups in total. The van der Waals surface area contributed by atoms with E-state index in [2.05, 4.69) is 53.3 Å². The number of nitrogens with zero attached hydrogens (tertiary/aromatic N) is 5. The van der Waals surface area contributed by atoms with Crippen LogP contribution in [0.3, 0.4) is 0 Å². The molecule has 37 heavy (non-hydrogen) atoms. The first-order chi connectivity index (χ1) is 17.6. The van der Waals surface area contributed by atoms with Gasteiger partial charge in [-0.3, -0.25) is 14.4 Å². The minimum atomic E-state index is -0.584. The van der Waals surface area contributed by atoms with Crippen LogP contribution in [-0.2, 0) is 16.1 Å². The van der Waals surface area contributed by atoms with Crippen molar-refractivity contribution in [1.29, 1.82) is 0 Å². The number of carbonyl (C=O) groups is 1. The fourth-order valence-electron chi connectivity index (χ4n) is 4.37. The molecule has 0 bridgehead atoms. The first-order valence-electron chi connectivity index (χ1n) is 12.1. The first-order valence-corrected chi connectivity index (χ1v) is 13.8. The highest BCUT2D eigenvalue weighted by Gasteiger charge is 2.33. The SMILES string of the molecule is Cc1sc2c(c1C)C(c1ccc(-c3ncc(CN)s3)cc1)=N[C@@H](CC(=O)OC(C)(C)C)c1nnc(C)n1-2. The number of aromatic nitrogens is 4. The molecule has 1 atom stereocenters. The standard InChI is InChI=1S/C27H30N6O2S2/c1-14-15(2)36-26-22(14)23(17-7-9-18(10-8-17)25-29-13-19(12-28)37-25)30-20(11-21(34)35-27(4,5)6)24-32-31-16(3)33(24)26/h7-10,13,20H,11-12,28H2,1-6H3/t20-/m0/s1. The number of benzene rings is 1. The van der Waals surface area contributed by atoms with Crippen LogP contribution in [0.2, 0.25) is 0 Å². The van der Waals surface area contributed by atoms with Crippen molar-refractivity contribution in [3.8, 4) is 15.6 Å². The molecule has 0 radical (unpaired) electrons. The highest BCUT2D eigenvalue weighted by molar-refractivity contribution is 7.15. The van der Waals surface area contributed by atoms with E-state index in [-0.39, 0.29) is 12.4 Å². The third-order valence-electron chi connectivity index (χ3n) is 6.18. The van der Waals surface area contributed by atoms with Gasteiger partial charge in [0.25, 0.3) is 0 Å². The van der Waals surface area contributed by atoms with E-state index in [0.29, 0.717) is 12.4 Å². The normalized spacial score (nSPS) is 15.1. The molecule has 4 aromatic rings. The monoisotopic (exact) mass is 534 g/mol. The largest absolute Gasteiger partial charge is 0.460 e. The van der Waals surface area contributed by atoms with Gasteiger partial charge in [-0.25, -0.2) is 4.98 Å². The summed E-state index contributed by atoms with van der Waals surface area (Å²) in [5.74, 6) is 1.09. The number of hydrogen-bond acceptors (Lipinski definition) is 9. The number of hydrogen-bond donors (Lipinski definition) is 1. The summed E-state index contributed by atoms with van der Waals surface area (Å²) in [7, 11) is 0. The second kappa shape index (κ2) is 9.59. The lowest BCUT2D eigenvalue weighted by Crippen LogP contribution is -2.25. The van der Waals surface area contributed by atoms with Gasteiger partial charge in [0, 0.05) is 39.2 Å². The van der Waals surface area contributed by atoms with Crippen molar-refractivity contribution in [3.05, 3.63) is 68.6 Å². The van der Waals surface area contributed by atoms with Crippen molar-refractivity contribution in [1.82, 2.24) is 19.7 Å². The Labute approximate surface area is 224 Å². The van der Waals surface area contributed by atoms with Crippen LogP contribution in [0.5, 0.6) is 0 Å². The molecule has 0 amide bonds. The number of thiophene rings is 1. The zero-order valence-corrected chi connectivity index (χ0v) is 23.5. The van der Waals surface area contributed by atoms with Crippen molar-refractivity contribution >= 4 is 34.4 Å². The van der Waals surface area contributed by atoms with Crippen molar-refractivity contribution in [2.45, 2.75) is 66.2 Å². The van der Waals surface area contributed by atoms with Crippen LogP contribution in [0.1, 0.15) is 71.3 Å². The van der Waals surface area contributed by atoms with Gasteiger partial charge in [0.1, 0.15) is 27.5 Å². The van der Waals surface area contributed by atoms with Gasteiger partial charge in [0.2, 0.25) is 0 Å². The van der Waals surface area contributed by atoms with Crippen LogP contribution in [0.4, 0.5) is 0 Å². The summed E-state index contributed by atoms with van der Waals surface area (Å²) in [5, 5.41) is 10.8. The van der Waals surface area contributed by atoms with Gasteiger partial charge in [0.15, 0.2) is 5.82 Å². The van der Waals surface area contributed by atoms with E-state index in [9.17, 15) is 4.79 Å². The molecule has 0 spiro atoms. The predicted molar refractivity (Wildman–Crippen MR) is 148 cm³/mol. The second-order valence-corrected chi connectivity index (χ2v) is 12.4. The van der Waals surface area contributed by atoms with E-state index in [1.54, 1.807) is 22.7 Å². The number of carbonyl (C=O) groups excluding carboxylic acids is 1. The number of rotatable bonds is 5. The summed E-state index contributed by atoms with van der Waals surface area (Å²) in [6, 6.07) is 7.72. The van der Waals surface area contributed by atoms with Crippen molar-refractivity contribution in [2.24, 2.45) is 10.7 Å². The molecule has 4 heterocycles. The number of ether oxygens (including phenoxy) is 1. The molecule has 3 aromatic heterocycles. The molecular formula is C27H30N6O2S2. The quantitative estimate of drug-likeness (QED) is 0.341. The molecule has 8 nitrogen and oxygen atoms in total. The highest BCUT2D eigenvalue weighted by Crippen LogP contribution is 2.40. The molecule has 0 fully saturated rings. The van der Waals surface area contributed by atoms with Gasteiger partial charge in [-0.2, -0.15) is 0 Å². The number of fused-ring (bicyclic) bond motifs is 3. The predicted octanol–water partition coefficient (Wildman–Crippen LogP) is 5.46. The van der Waals surface area contributed by atoms with Gasteiger partial charge in [-0.15, -0.1) is 32.9 Å². The number of aryl methyl sites for hydroxylation is 2. The van der Waals surface area contributed by atoms with Gasteiger partial charge in [-0.1, -0.05) is 24.3 Å².